The van der Waals surface area contributed by atoms with Crippen LogP contribution in [-0.2, 0) is 12.7 Å². The normalized spacial score (nSPS) is 14.7. The molecule has 0 aromatic heterocycles. The van der Waals surface area contributed by atoms with Crippen molar-refractivity contribution < 1.29 is 27.8 Å². The van der Waals surface area contributed by atoms with Gasteiger partial charge < -0.3 is 19.9 Å². The molecule has 0 bridgehead atoms. The minimum Gasteiger partial charge on any atom is -0.454 e. The number of para-hydroxylation sites is 1. The van der Waals surface area contributed by atoms with Crippen LogP contribution in [0.3, 0.4) is 0 Å². The summed E-state index contributed by atoms with van der Waals surface area (Å²) in [5.74, 6) is 1.26. The van der Waals surface area contributed by atoms with Crippen LogP contribution in [0.15, 0.2) is 42.5 Å². The highest BCUT2D eigenvalue weighted by Crippen LogP contribution is 2.36. The lowest BCUT2D eigenvalue weighted by Gasteiger charge is -2.18. The zero-order valence-corrected chi connectivity index (χ0v) is 12.6. The van der Waals surface area contributed by atoms with Gasteiger partial charge in [0.15, 0.2) is 11.5 Å². The van der Waals surface area contributed by atoms with E-state index in [9.17, 15) is 18.3 Å². The minimum absolute atomic E-state index is 0.0163. The van der Waals surface area contributed by atoms with E-state index in [1.807, 2.05) is 6.07 Å². The standard InChI is InChI=1S/C17H16F3NO3/c18-17(19,20)13-6-2-1-5-12(13)14(22)9-21-8-11-4-3-7-15-16(11)24-10-23-15/h1-7,14,21-22H,8-10H2. The molecule has 128 valence electrons. The number of halogens is 3. The van der Waals surface area contributed by atoms with E-state index in [-0.39, 0.29) is 18.9 Å². The number of aliphatic hydroxyl groups is 1. The Morgan fingerprint density at radius 2 is 1.88 bits per heavy atom. The van der Waals surface area contributed by atoms with Crippen molar-refractivity contribution in [3.63, 3.8) is 0 Å². The number of fused-ring (bicyclic) bond motifs is 1. The average Bonchev–Trinajstić information content (AvgIpc) is 3.03. The molecule has 2 aromatic rings. The lowest BCUT2D eigenvalue weighted by Crippen LogP contribution is -2.23. The molecule has 24 heavy (non-hydrogen) atoms. The van der Waals surface area contributed by atoms with Crippen LogP contribution >= 0.6 is 0 Å². The third-order valence-corrected chi connectivity index (χ3v) is 3.76. The van der Waals surface area contributed by atoms with Crippen LogP contribution in [-0.4, -0.2) is 18.4 Å². The fraction of sp³-hybridized carbons (Fsp3) is 0.294. The molecule has 1 aliphatic rings. The molecule has 0 fully saturated rings. The van der Waals surface area contributed by atoms with E-state index in [4.69, 9.17) is 9.47 Å². The van der Waals surface area contributed by atoms with Gasteiger partial charge in [-0.2, -0.15) is 13.2 Å². The molecule has 1 heterocycles. The SMILES string of the molecule is OC(CNCc1cccc2c1OCO2)c1ccccc1C(F)(F)F. The number of benzene rings is 2. The monoisotopic (exact) mass is 339 g/mol. The van der Waals surface area contributed by atoms with Gasteiger partial charge in [-0.1, -0.05) is 30.3 Å². The number of rotatable bonds is 5. The van der Waals surface area contributed by atoms with Crippen LogP contribution < -0.4 is 14.8 Å². The predicted molar refractivity (Wildman–Crippen MR) is 80.7 cm³/mol. The zero-order chi connectivity index (χ0) is 17.2. The Labute approximate surface area is 136 Å². The van der Waals surface area contributed by atoms with Crippen molar-refractivity contribution in [2.24, 2.45) is 0 Å². The first kappa shape index (κ1) is 16.6. The second-order valence-electron chi connectivity index (χ2n) is 5.38. The number of aliphatic hydroxyl groups excluding tert-OH is 1. The van der Waals surface area contributed by atoms with Gasteiger partial charge in [0.05, 0.1) is 11.7 Å². The number of ether oxygens (including phenoxy) is 2. The Kier molecular flexibility index (Phi) is 4.64. The van der Waals surface area contributed by atoms with Crippen molar-refractivity contribution >= 4 is 0 Å². The summed E-state index contributed by atoms with van der Waals surface area (Å²) in [4.78, 5) is 0. The number of hydrogen-bond donors (Lipinski definition) is 2. The summed E-state index contributed by atoms with van der Waals surface area (Å²) in [6.07, 6.45) is -5.76. The first-order chi connectivity index (χ1) is 11.5. The third kappa shape index (κ3) is 3.47. The van der Waals surface area contributed by atoms with Gasteiger partial charge in [0.1, 0.15) is 0 Å². The maximum atomic E-state index is 13.0. The Bertz CT molecular complexity index is 718. The summed E-state index contributed by atoms with van der Waals surface area (Å²) in [6.45, 7) is 0.476. The highest BCUT2D eigenvalue weighted by atomic mass is 19.4. The van der Waals surface area contributed by atoms with E-state index in [1.54, 1.807) is 12.1 Å². The first-order valence-corrected chi connectivity index (χ1v) is 7.39. The van der Waals surface area contributed by atoms with Gasteiger partial charge in [0, 0.05) is 18.7 Å². The van der Waals surface area contributed by atoms with Crippen LogP contribution in [0.1, 0.15) is 22.8 Å². The molecule has 7 heteroatoms. The lowest BCUT2D eigenvalue weighted by atomic mass is 10.0. The molecule has 2 N–H and O–H groups in total. The van der Waals surface area contributed by atoms with E-state index >= 15 is 0 Å². The molecule has 0 aliphatic carbocycles. The molecule has 2 aromatic carbocycles. The van der Waals surface area contributed by atoms with Crippen molar-refractivity contribution in [3.05, 3.63) is 59.2 Å². The Morgan fingerprint density at radius 3 is 2.67 bits per heavy atom. The van der Waals surface area contributed by atoms with Crippen molar-refractivity contribution in [2.75, 3.05) is 13.3 Å². The van der Waals surface area contributed by atoms with E-state index in [0.717, 1.165) is 11.6 Å². The fourth-order valence-corrected chi connectivity index (χ4v) is 2.63. The average molecular weight is 339 g/mol. The van der Waals surface area contributed by atoms with Crippen LogP contribution in [0.5, 0.6) is 11.5 Å². The molecule has 4 nitrogen and oxygen atoms in total. The Morgan fingerprint density at radius 1 is 1.08 bits per heavy atom. The molecular formula is C17H16F3NO3. The quantitative estimate of drug-likeness (QED) is 0.878. The molecule has 0 spiro atoms. The van der Waals surface area contributed by atoms with Crippen molar-refractivity contribution in [3.8, 4) is 11.5 Å². The molecular weight excluding hydrogens is 323 g/mol. The summed E-state index contributed by atoms with van der Waals surface area (Å²) in [5.41, 5.74) is -0.145. The van der Waals surface area contributed by atoms with Crippen LogP contribution in [0, 0.1) is 0 Å². The van der Waals surface area contributed by atoms with E-state index < -0.39 is 17.8 Å². The maximum Gasteiger partial charge on any atom is 0.416 e. The lowest BCUT2D eigenvalue weighted by molar-refractivity contribution is -0.139. The fourth-order valence-electron chi connectivity index (χ4n) is 2.63. The molecule has 3 rings (SSSR count). The molecule has 0 saturated heterocycles. The van der Waals surface area contributed by atoms with E-state index in [1.165, 1.54) is 18.2 Å². The van der Waals surface area contributed by atoms with Gasteiger partial charge >= 0.3 is 6.18 Å². The minimum atomic E-state index is -4.50. The molecule has 0 amide bonds. The summed E-state index contributed by atoms with van der Waals surface area (Å²) >= 11 is 0. The largest absolute Gasteiger partial charge is 0.454 e. The summed E-state index contributed by atoms with van der Waals surface area (Å²) < 4.78 is 49.6. The van der Waals surface area contributed by atoms with Crippen LogP contribution in [0.4, 0.5) is 13.2 Å². The maximum absolute atomic E-state index is 13.0. The smallest absolute Gasteiger partial charge is 0.416 e. The zero-order valence-electron chi connectivity index (χ0n) is 12.6. The summed E-state index contributed by atoms with van der Waals surface area (Å²) in [6, 6.07) is 10.4. The predicted octanol–water partition coefficient (Wildman–Crippen LogP) is 3.26. The Hall–Kier alpha value is -2.25. The second kappa shape index (κ2) is 6.70. The highest BCUT2D eigenvalue weighted by molar-refractivity contribution is 5.48. The van der Waals surface area contributed by atoms with Gasteiger partial charge in [0.2, 0.25) is 6.79 Å². The van der Waals surface area contributed by atoms with E-state index in [2.05, 4.69) is 5.32 Å². The highest BCUT2D eigenvalue weighted by Gasteiger charge is 2.34. The molecule has 0 saturated carbocycles. The van der Waals surface area contributed by atoms with Gasteiger partial charge in [-0.25, -0.2) is 0 Å². The van der Waals surface area contributed by atoms with Gasteiger partial charge in [-0.05, 0) is 17.7 Å². The topological polar surface area (TPSA) is 50.7 Å². The van der Waals surface area contributed by atoms with Crippen LogP contribution in [0.2, 0.25) is 0 Å². The Balaban J connectivity index is 1.65. The molecule has 1 aliphatic heterocycles. The number of hydrogen-bond acceptors (Lipinski definition) is 4. The number of alkyl halides is 3. The van der Waals surface area contributed by atoms with Crippen LogP contribution in [0.25, 0.3) is 0 Å². The first-order valence-electron chi connectivity index (χ1n) is 7.39. The number of nitrogens with one attached hydrogen (secondary N) is 1. The molecule has 0 radical (unpaired) electrons. The third-order valence-electron chi connectivity index (χ3n) is 3.76. The van der Waals surface area contributed by atoms with Gasteiger partial charge in [0.25, 0.3) is 0 Å². The second-order valence-corrected chi connectivity index (χ2v) is 5.38. The van der Waals surface area contributed by atoms with Crippen molar-refractivity contribution in [1.29, 1.82) is 0 Å². The van der Waals surface area contributed by atoms with Crippen molar-refractivity contribution in [2.45, 2.75) is 18.8 Å². The van der Waals surface area contributed by atoms with Crippen molar-refractivity contribution in [1.82, 2.24) is 5.32 Å². The summed E-state index contributed by atoms with van der Waals surface area (Å²) in [5, 5.41) is 13.1. The van der Waals surface area contributed by atoms with E-state index in [0.29, 0.717) is 18.0 Å². The molecule has 1 unspecified atom stereocenters. The van der Waals surface area contributed by atoms with Gasteiger partial charge in [-0.15, -0.1) is 0 Å². The van der Waals surface area contributed by atoms with Gasteiger partial charge in [-0.3, -0.25) is 0 Å². The molecule has 1 atom stereocenters. The summed E-state index contributed by atoms with van der Waals surface area (Å²) in [7, 11) is 0.